The quantitative estimate of drug-likeness (QED) is 0.661. The number of fused-ring (bicyclic) bond motifs is 1. The monoisotopic (exact) mass is 176 g/mol. The van der Waals surface area contributed by atoms with Crippen molar-refractivity contribution in [2.75, 3.05) is 13.6 Å². The van der Waals surface area contributed by atoms with Crippen LogP contribution >= 0.6 is 0 Å². The minimum atomic E-state index is 0.0297. The summed E-state index contributed by atoms with van der Waals surface area (Å²) in [6.45, 7) is 0.673. The molecule has 0 fully saturated rings. The Hall–Kier alpha value is -1.35. The summed E-state index contributed by atoms with van der Waals surface area (Å²) in [4.78, 5) is 11.4. The zero-order chi connectivity index (χ0) is 9.26. The average Bonchev–Trinajstić information content (AvgIpc) is 2.19. The zero-order valence-corrected chi connectivity index (χ0v) is 7.50. The van der Waals surface area contributed by atoms with Crippen LogP contribution in [0.1, 0.15) is 22.0 Å². The number of nitrogens with one attached hydrogen (secondary N) is 2. The molecule has 1 unspecified atom stereocenters. The van der Waals surface area contributed by atoms with E-state index < -0.39 is 0 Å². The molecule has 1 aromatic carbocycles. The molecular formula is C10H12N2O. The first kappa shape index (κ1) is 8.26. The Labute approximate surface area is 77.1 Å². The van der Waals surface area contributed by atoms with Gasteiger partial charge in [-0.3, -0.25) is 4.79 Å². The lowest BCUT2D eigenvalue weighted by molar-refractivity contribution is 0.0938. The van der Waals surface area contributed by atoms with Crippen molar-refractivity contribution < 1.29 is 4.79 Å². The van der Waals surface area contributed by atoms with E-state index in [2.05, 4.69) is 10.6 Å². The van der Waals surface area contributed by atoms with Crippen LogP contribution in [0, 0.1) is 0 Å². The molecule has 1 atom stereocenters. The Morgan fingerprint density at radius 1 is 1.46 bits per heavy atom. The Morgan fingerprint density at radius 2 is 2.23 bits per heavy atom. The van der Waals surface area contributed by atoms with Gasteiger partial charge in [0.25, 0.3) is 5.91 Å². The highest BCUT2D eigenvalue weighted by Crippen LogP contribution is 2.20. The lowest BCUT2D eigenvalue weighted by atomic mass is 9.96. The largest absolute Gasteiger partial charge is 0.350 e. The number of amides is 1. The standard InChI is InChI=1S/C10H12N2O/c1-11-9-6-12-10(13)8-5-3-2-4-7(8)9/h2-5,9,11H,6H2,1H3,(H,12,13). The van der Waals surface area contributed by atoms with E-state index in [1.54, 1.807) is 0 Å². The Morgan fingerprint density at radius 3 is 3.00 bits per heavy atom. The van der Waals surface area contributed by atoms with Crippen LogP contribution in [0.15, 0.2) is 24.3 Å². The first-order valence-electron chi connectivity index (χ1n) is 4.37. The fraction of sp³-hybridized carbons (Fsp3) is 0.300. The van der Waals surface area contributed by atoms with Crippen LogP contribution in [0.3, 0.4) is 0 Å². The summed E-state index contributed by atoms with van der Waals surface area (Å²) in [7, 11) is 1.90. The van der Waals surface area contributed by atoms with Crippen molar-refractivity contribution >= 4 is 5.91 Å². The normalized spacial score (nSPS) is 20.7. The molecule has 1 aliphatic heterocycles. The van der Waals surface area contributed by atoms with E-state index in [0.717, 1.165) is 11.1 Å². The van der Waals surface area contributed by atoms with Gasteiger partial charge >= 0.3 is 0 Å². The second kappa shape index (κ2) is 3.18. The Kier molecular flexibility index (Phi) is 2.02. The van der Waals surface area contributed by atoms with Crippen molar-refractivity contribution in [1.82, 2.24) is 10.6 Å². The van der Waals surface area contributed by atoms with Gasteiger partial charge in [-0.05, 0) is 18.7 Å². The third-order valence-corrected chi connectivity index (χ3v) is 2.40. The highest BCUT2D eigenvalue weighted by Gasteiger charge is 2.22. The molecule has 68 valence electrons. The van der Waals surface area contributed by atoms with Gasteiger partial charge in [-0.1, -0.05) is 18.2 Å². The van der Waals surface area contributed by atoms with E-state index in [1.807, 2.05) is 31.3 Å². The van der Waals surface area contributed by atoms with E-state index in [9.17, 15) is 4.79 Å². The summed E-state index contributed by atoms with van der Waals surface area (Å²) < 4.78 is 0. The Balaban J connectivity index is 2.47. The molecule has 0 bridgehead atoms. The maximum absolute atomic E-state index is 11.4. The summed E-state index contributed by atoms with van der Waals surface area (Å²) in [5.41, 5.74) is 1.88. The smallest absolute Gasteiger partial charge is 0.251 e. The molecule has 13 heavy (non-hydrogen) atoms. The SMILES string of the molecule is CNC1CNC(=O)c2ccccc21. The lowest BCUT2D eigenvalue weighted by Gasteiger charge is -2.24. The van der Waals surface area contributed by atoms with Crippen LogP contribution in [-0.2, 0) is 0 Å². The van der Waals surface area contributed by atoms with E-state index in [-0.39, 0.29) is 11.9 Å². The number of hydrogen-bond donors (Lipinski definition) is 2. The molecule has 0 saturated heterocycles. The molecule has 2 N–H and O–H groups in total. The fourth-order valence-corrected chi connectivity index (χ4v) is 1.67. The van der Waals surface area contributed by atoms with E-state index in [0.29, 0.717) is 6.54 Å². The van der Waals surface area contributed by atoms with Crippen LogP contribution < -0.4 is 10.6 Å². The summed E-state index contributed by atoms with van der Waals surface area (Å²) >= 11 is 0. The third kappa shape index (κ3) is 1.31. The van der Waals surface area contributed by atoms with Crippen molar-refractivity contribution in [1.29, 1.82) is 0 Å². The lowest BCUT2D eigenvalue weighted by Crippen LogP contribution is -2.39. The van der Waals surface area contributed by atoms with Gasteiger partial charge in [0.2, 0.25) is 0 Å². The third-order valence-electron chi connectivity index (χ3n) is 2.40. The molecular weight excluding hydrogens is 164 g/mol. The molecule has 3 nitrogen and oxygen atoms in total. The maximum atomic E-state index is 11.4. The summed E-state index contributed by atoms with van der Waals surface area (Å²) in [5.74, 6) is 0.0297. The predicted molar refractivity (Wildman–Crippen MR) is 50.6 cm³/mol. The van der Waals surface area contributed by atoms with Gasteiger partial charge in [0.05, 0.1) is 6.04 Å². The van der Waals surface area contributed by atoms with Crippen molar-refractivity contribution in [3.05, 3.63) is 35.4 Å². The number of hydrogen-bond acceptors (Lipinski definition) is 2. The van der Waals surface area contributed by atoms with Crippen LogP contribution in [-0.4, -0.2) is 19.5 Å². The molecule has 0 spiro atoms. The topological polar surface area (TPSA) is 41.1 Å². The first-order valence-corrected chi connectivity index (χ1v) is 4.37. The van der Waals surface area contributed by atoms with E-state index >= 15 is 0 Å². The minimum absolute atomic E-state index is 0.0297. The highest BCUT2D eigenvalue weighted by atomic mass is 16.1. The molecule has 1 heterocycles. The average molecular weight is 176 g/mol. The Bertz CT molecular complexity index is 335. The number of likely N-dealkylation sites (N-methyl/N-ethyl adjacent to an activating group) is 1. The molecule has 1 aromatic rings. The second-order valence-electron chi connectivity index (χ2n) is 3.14. The van der Waals surface area contributed by atoms with Gasteiger partial charge in [0.15, 0.2) is 0 Å². The molecule has 0 aromatic heterocycles. The van der Waals surface area contributed by atoms with Crippen LogP contribution in [0.5, 0.6) is 0 Å². The molecule has 0 saturated carbocycles. The number of rotatable bonds is 1. The summed E-state index contributed by atoms with van der Waals surface area (Å²) in [6, 6.07) is 7.94. The van der Waals surface area contributed by atoms with Crippen LogP contribution in [0.25, 0.3) is 0 Å². The van der Waals surface area contributed by atoms with Gasteiger partial charge in [-0.25, -0.2) is 0 Å². The molecule has 0 aliphatic carbocycles. The van der Waals surface area contributed by atoms with Crippen molar-refractivity contribution in [2.45, 2.75) is 6.04 Å². The maximum Gasteiger partial charge on any atom is 0.251 e. The highest BCUT2D eigenvalue weighted by molar-refractivity contribution is 5.96. The van der Waals surface area contributed by atoms with Gasteiger partial charge in [-0.15, -0.1) is 0 Å². The number of carbonyl (C=O) groups excluding carboxylic acids is 1. The van der Waals surface area contributed by atoms with Gasteiger partial charge < -0.3 is 10.6 Å². The molecule has 0 radical (unpaired) electrons. The minimum Gasteiger partial charge on any atom is -0.350 e. The van der Waals surface area contributed by atoms with E-state index in [1.165, 1.54) is 0 Å². The first-order chi connectivity index (χ1) is 6.33. The zero-order valence-electron chi connectivity index (χ0n) is 7.50. The summed E-state index contributed by atoms with van der Waals surface area (Å²) in [5, 5.41) is 6.00. The van der Waals surface area contributed by atoms with Gasteiger partial charge in [-0.2, -0.15) is 0 Å². The van der Waals surface area contributed by atoms with Crippen LogP contribution in [0.2, 0.25) is 0 Å². The molecule has 1 amide bonds. The van der Waals surface area contributed by atoms with Crippen molar-refractivity contribution in [3.8, 4) is 0 Å². The number of benzene rings is 1. The number of carbonyl (C=O) groups is 1. The van der Waals surface area contributed by atoms with Gasteiger partial charge in [0, 0.05) is 12.1 Å². The molecule has 1 aliphatic rings. The summed E-state index contributed by atoms with van der Waals surface area (Å²) in [6.07, 6.45) is 0. The fourth-order valence-electron chi connectivity index (χ4n) is 1.67. The van der Waals surface area contributed by atoms with Crippen molar-refractivity contribution in [2.24, 2.45) is 0 Å². The predicted octanol–water partition coefficient (Wildman–Crippen LogP) is 0.690. The van der Waals surface area contributed by atoms with Crippen molar-refractivity contribution in [3.63, 3.8) is 0 Å². The van der Waals surface area contributed by atoms with Crippen LogP contribution in [0.4, 0.5) is 0 Å². The van der Waals surface area contributed by atoms with E-state index in [4.69, 9.17) is 0 Å². The second-order valence-corrected chi connectivity index (χ2v) is 3.14. The van der Waals surface area contributed by atoms with Gasteiger partial charge in [0.1, 0.15) is 0 Å². The molecule has 2 rings (SSSR count). The molecule has 3 heteroatoms.